The van der Waals surface area contributed by atoms with Gasteiger partial charge in [0.15, 0.2) is 0 Å². The van der Waals surface area contributed by atoms with E-state index in [4.69, 9.17) is 15.2 Å². The molecule has 1 aromatic rings. The highest BCUT2D eigenvalue weighted by molar-refractivity contribution is 7.84. The third-order valence-corrected chi connectivity index (χ3v) is 4.83. The molecule has 32 heavy (non-hydrogen) atoms. The molecule has 1 fully saturated rings. The first-order valence-electron chi connectivity index (χ1n) is 9.10. The molecule has 1 saturated heterocycles. The Morgan fingerprint density at radius 1 is 1.25 bits per heavy atom. The second kappa shape index (κ2) is 12.2. The van der Waals surface area contributed by atoms with E-state index in [1.165, 1.54) is 18.2 Å². The minimum absolute atomic E-state index is 0.118. The fourth-order valence-corrected chi connectivity index (χ4v) is 3.25. The molecule has 174 valence electrons. The van der Waals surface area contributed by atoms with E-state index in [9.17, 15) is 32.9 Å². The molecule has 15 nitrogen and oxygen atoms in total. The van der Waals surface area contributed by atoms with E-state index in [0.29, 0.717) is 25.1 Å². The van der Waals surface area contributed by atoms with Crippen molar-refractivity contribution >= 4 is 45.1 Å². The number of azide groups is 1. The predicted octanol–water partition coefficient (Wildman–Crippen LogP) is 2.53. The van der Waals surface area contributed by atoms with Gasteiger partial charge in [-0.3, -0.25) is 29.1 Å². The Bertz CT molecular complexity index is 1020. The number of carbonyl (C=O) groups is 3. The second-order valence-corrected chi connectivity index (χ2v) is 7.57. The Kier molecular flexibility index (Phi) is 10.0. The van der Waals surface area contributed by atoms with Crippen molar-refractivity contribution < 1.29 is 37.4 Å². The number of carbonyl (C=O) groups excluding carboxylic acids is 2. The molecule has 2 rings (SSSR count). The van der Waals surface area contributed by atoms with E-state index in [0.717, 1.165) is 6.42 Å². The molecule has 0 atom stereocenters. The number of aliphatic carboxylic acids is 1. The molecule has 0 radical (unpaired) electrons. The molecule has 0 bridgehead atoms. The number of benzene rings is 1. The van der Waals surface area contributed by atoms with E-state index in [-0.39, 0.29) is 34.9 Å². The highest BCUT2D eigenvalue weighted by Crippen LogP contribution is 2.29. The van der Waals surface area contributed by atoms with Crippen molar-refractivity contribution in [1.82, 2.24) is 4.31 Å². The summed E-state index contributed by atoms with van der Waals surface area (Å²) in [7, 11) is -4.67. The molecule has 0 spiro atoms. The molecule has 0 unspecified atom stereocenters. The van der Waals surface area contributed by atoms with Crippen LogP contribution in [0, 0.1) is 10.1 Å². The molecule has 16 heteroatoms. The maximum Gasteiger partial charge on any atom is 0.368 e. The summed E-state index contributed by atoms with van der Waals surface area (Å²) in [5.41, 5.74) is 8.67. The van der Waals surface area contributed by atoms with Crippen LogP contribution in [-0.4, -0.2) is 51.6 Å². The van der Waals surface area contributed by atoms with E-state index in [1.54, 1.807) is 0 Å². The number of carboxylic acid groups (broad SMARTS) is 1. The molecule has 3 N–H and O–H groups in total. The summed E-state index contributed by atoms with van der Waals surface area (Å²) in [6.45, 7) is 0.501. The van der Waals surface area contributed by atoms with Gasteiger partial charge in [0.05, 0.1) is 4.92 Å². The number of nitrogens with one attached hydrogen (secondary N) is 1. The smallest absolute Gasteiger partial charge is 0.368 e. The minimum Gasteiger partial charge on any atom is -0.481 e. The lowest BCUT2D eigenvalue weighted by atomic mass is 10.2. The van der Waals surface area contributed by atoms with E-state index >= 15 is 0 Å². The number of amides is 2. The van der Waals surface area contributed by atoms with Crippen molar-refractivity contribution in [3.8, 4) is 0 Å². The summed E-state index contributed by atoms with van der Waals surface area (Å²) in [5, 5.41) is 25.7. The third kappa shape index (κ3) is 8.55. The zero-order chi connectivity index (χ0) is 24.3. The monoisotopic (exact) mass is 472 g/mol. The number of nitrogens with zero attached hydrogens (tertiary/aromatic N) is 5. The number of anilines is 1. The Labute approximate surface area is 181 Å². The summed E-state index contributed by atoms with van der Waals surface area (Å²) in [5.74, 6) is -2.58. The first kappa shape index (κ1) is 26.3. The van der Waals surface area contributed by atoms with Gasteiger partial charge in [-0.15, -0.1) is 0 Å². The van der Waals surface area contributed by atoms with Crippen LogP contribution in [-0.2, 0) is 24.7 Å². The largest absolute Gasteiger partial charge is 0.481 e. The lowest BCUT2D eigenvalue weighted by molar-refractivity contribution is -0.383. The SMILES string of the molecule is O=C1CCC(=O)N1S(=O)(=O)O.[N-]=[N+]=Nc1ccc(NCCCCCC(=O)O)c([N+](=O)[O-])c1. The van der Waals surface area contributed by atoms with Crippen LogP contribution in [0.1, 0.15) is 38.5 Å². The van der Waals surface area contributed by atoms with Crippen LogP contribution in [0.25, 0.3) is 10.4 Å². The molecule has 1 heterocycles. The number of unbranched alkanes of at least 4 members (excludes halogenated alkanes) is 2. The molecular formula is C16H20N6O9S. The van der Waals surface area contributed by atoms with Gasteiger partial charge in [-0.1, -0.05) is 17.6 Å². The number of hydrogen-bond acceptors (Lipinski definition) is 9. The molecular weight excluding hydrogens is 452 g/mol. The number of imide groups is 1. The van der Waals surface area contributed by atoms with Crippen molar-refractivity contribution in [2.75, 3.05) is 11.9 Å². The average molecular weight is 472 g/mol. The quantitative estimate of drug-likeness (QED) is 0.0657. The second-order valence-electron chi connectivity index (χ2n) is 6.31. The summed E-state index contributed by atoms with van der Waals surface area (Å²) in [6.07, 6.45) is 1.83. The van der Waals surface area contributed by atoms with E-state index < -0.39 is 33.0 Å². The van der Waals surface area contributed by atoms with Gasteiger partial charge in [-0.2, -0.15) is 12.7 Å². The molecule has 0 aromatic heterocycles. The van der Waals surface area contributed by atoms with Crippen molar-refractivity contribution in [2.24, 2.45) is 5.11 Å². The maximum absolute atomic E-state index is 11.0. The van der Waals surface area contributed by atoms with Gasteiger partial charge >= 0.3 is 16.3 Å². The summed E-state index contributed by atoms with van der Waals surface area (Å²) < 4.78 is 28.8. The lowest BCUT2D eigenvalue weighted by Crippen LogP contribution is -2.34. The predicted molar refractivity (Wildman–Crippen MR) is 109 cm³/mol. The van der Waals surface area contributed by atoms with Gasteiger partial charge in [0, 0.05) is 42.5 Å². The van der Waals surface area contributed by atoms with E-state index in [2.05, 4.69) is 15.3 Å². The highest BCUT2D eigenvalue weighted by Gasteiger charge is 2.37. The number of rotatable bonds is 10. The molecule has 1 aliphatic heterocycles. The van der Waals surface area contributed by atoms with Crippen molar-refractivity contribution in [3.05, 3.63) is 38.8 Å². The van der Waals surface area contributed by atoms with Crippen LogP contribution in [0.4, 0.5) is 17.1 Å². The van der Waals surface area contributed by atoms with Gasteiger partial charge in [-0.05, 0) is 24.4 Å². The van der Waals surface area contributed by atoms with E-state index in [1.807, 2.05) is 0 Å². The van der Waals surface area contributed by atoms with Crippen molar-refractivity contribution in [1.29, 1.82) is 0 Å². The van der Waals surface area contributed by atoms with Crippen LogP contribution >= 0.6 is 0 Å². The van der Waals surface area contributed by atoms with Gasteiger partial charge in [-0.25, -0.2) is 0 Å². The first-order valence-corrected chi connectivity index (χ1v) is 10.5. The molecule has 1 aliphatic rings. The first-order chi connectivity index (χ1) is 15.0. The van der Waals surface area contributed by atoms with Crippen LogP contribution in [0.2, 0.25) is 0 Å². The molecule has 0 aliphatic carbocycles. The Morgan fingerprint density at radius 3 is 2.34 bits per heavy atom. The molecule has 2 amide bonds. The molecule has 1 aromatic carbocycles. The Morgan fingerprint density at radius 2 is 1.88 bits per heavy atom. The maximum atomic E-state index is 11.0. The highest BCUT2D eigenvalue weighted by atomic mass is 32.2. The van der Waals surface area contributed by atoms with Crippen molar-refractivity contribution in [3.63, 3.8) is 0 Å². The summed E-state index contributed by atoms with van der Waals surface area (Å²) in [6, 6.07) is 4.17. The number of nitro groups is 1. The number of carboxylic acids is 1. The van der Waals surface area contributed by atoms with Gasteiger partial charge in [0.25, 0.3) is 5.69 Å². The topological polar surface area (TPSA) is 233 Å². The fraction of sp³-hybridized carbons (Fsp3) is 0.438. The van der Waals surface area contributed by atoms with Gasteiger partial charge in [0.2, 0.25) is 11.8 Å². The number of nitro benzene ring substituents is 1. The zero-order valence-electron chi connectivity index (χ0n) is 16.6. The van der Waals surface area contributed by atoms with Crippen LogP contribution in [0.3, 0.4) is 0 Å². The lowest BCUT2D eigenvalue weighted by Gasteiger charge is -2.07. The van der Waals surface area contributed by atoms with Crippen LogP contribution < -0.4 is 5.32 Å². The standard InChI is InChI=1S/C12H15N5O4.C4H5NO5S/c13-16-15-9-5-6-10(11(8-9)17(20)21)14-7-3-1-2-4-12(18)19;6-3-1-2-4(7)5(3)11(8,9)10/h5-6,8,14H,1-4,7H2,(H,18,19);1-2H2,(H,8,9,10). The van der Waals surface area contributed by atoms with Crippen LogP contribution in [0.5, 0.6) is 0 Å². The Hall–Kier alpha value is -3.75. The number of hydrogen-bond donors (Lipinski definition) is 3. The average Bonchev–Trinajstić information content (AvgIpc) is 3.04. The Balaban J connectivity index is 0.000000389. The third-order valence-electron chi connectivity index (χ3n) is 3.96. The zero-order valence-corrected chi connectivity index (χ0v) is 17.4. The van der Waals surface area contributed by atoms with Gasteiger partial charge < -0.3 is 10.4 Å². The molecule has 0 saturated carbocycles. The van der Waals surface area contributed by atoms with Gasteiger partial charge in [0.1, 0.15) is 5.69 Å². The van der Waals surface area contributed by atoms with Crippen molar-refractivity contribution in [2.45, 2.75) is 38.5 Å². The minimum atomic E-state index is -4.67. The van der Waals surface area contributed by atoms with Crippen LogP contribution in [0.15, 0.2) is 23.3 Å². The summed E-state index contributed by atoms with van der Waals surface area (Å²) in [4.78, 5) is 44.5. The summed E-state index contributed by atoms with van der Waals surface area (Å²) >= 11 is 0. The normalized spacial score (nSPS) is 13.1. The fourth-order valence-electron chi connectivity index (χ4n) is 2.55.